The first-order chi connectivity index (χ1) is 7.38. The molecule has 15 heavy (non-hydrogen) atoms. The molecule has 0 radical (unpaired) electrons. The summed E-state index contributed by atoms with van der Waals surface area (Å²) in [5.74, 6) is 0. The summed E-state index contributed by atoms with van der Waals surface area (Å²) in [6.07, 6.45) is 12.7. The van der Waals surface area contributed by atoms with Crippen molar-refractivity contribution in [1.82, 2.24) is 0 Å². The second-order valence-corrected chi connectivity index (χ2v) is 4.38. The van der Waals surface area contributed by atoms with Crippen LogP contribution >= 0.6 is 0 Å². The first-order valence-corrected chi connectivity index (χ1v) is 6.25. The second-order valence-electron chi connectivity index (χ2n) is 4.38. The van der Waals surface area contributed by atoms with Gasteiger partial charge in [-0.15, -0.1) is 6.58 Å². The van der Waals surface area contributed by atoms with Crippen LogP contribution in [0, 0.1) is 0 Å². The Morgan fingerprint density at radius 1 is 1.00 bits per heavy atom. The van der Waals surface area contributed by atoms with Gasteiger partial charge in [0.15, 0.2) is 0 Å². The van der Waals surface area contributed by atoms with Gasteiger partial charge in [0.25, 0.3) is 0 Å². The van der Waals surface area contributed by atoms with Crippen molar-refractivity contribution in [2.75, 3.05) is 6.61 Å². The molecule has 1 aliphatic heterocycles. The van der Waals surface area contributed by atoms with E-state index >= 15 is 0 Å². The molecule has 2 nitrogen and oxygen atoms in total. The molecule has 1 N–H and O–H groups in total. The van der Waals surface area contributed by atoms with E-state index in [1.807, 2.05) is 6.08 Å². The van der Waals surface area contributed by atoms with Crippen molar-refractivity contribution < 1.29 is 9.84 Å². The summed E-state index contributed by atoms with van der Waals surface area (Å²) in [6, 6.07) is 0. The Hall–Kier alpha value is -0.340. The smallest absolute Gasteiger partial charge is 0.107 e. The van der Waals surface area contributed by atoms with Crippen LogP contribution in [0.3, 0.4) is 0 Å². The van der Waals surface area contributed by atoms with Gasteiger partial charge in [0.2, 0.25) is 0 Å². The zero-order valence-electron chi connectivity index (χ0n) is 9.66. The highest BCUT2D eigenvalue weighted by Crippen LogP contribution is 2.26. The second kappa shape index (κ2) is 7.89. The molecule has 0 unspecified atom stereocenters. The zero-order chi connectivity index (χ0) is 10.9. The molecule has 0 aromatic carbocycles. The van der Waals surface area contributed by atoms with Crippen LogP contribution in [0.4, 0.5) is 0 Å². The molecule has 0 aromatic heterocycles. The van der Waals surface area contributed by atoms with E-state index in [-0.39, 0.29) is 12.7 Å². The Labute approximate surface area is 93.3 Å². The molecule has 1 saturated heterocycles. The Morgan fingerprint density at radius 2 is 1.67 bits per heavy atom. The van der Waals surface area contributed by atoms with Crippen LogP contribution in [-0.2, 0) is 4.74 Å². The number of aliphatic hydroxyl groups is 1. The molecule has 0 amide bonds. The summed E-state index contributed by atoms with van der Waals surface area (Å²) in [6.45, 7) is 3.92. The van der Waals surface area contributed by atoms with Gasteiger partial charge in [0.05, 0.1) is 12.7 Å². The van der Waals surface area contributed by atoms with Gasteiger partial charge in [0.1, 0.15) is 6.10 Å². The van der Waals surface area contributed by atoms with Gasteiger partial charge in [-0.25, -0.2) is 0 Å². The van der Waals surface area contributed by atoms with Crippen molar-refractivity contribution in [2.45, 2.75) is 63.6 Å². The SMILES string of the molecule is C=CCCCCCCCC[C@H]1O[C@@H]1CO. The number of rotatable bonds is 10. The lowest BCUT2D eigenvalue weighted by atomic mass is 10.1. The molecule has 2 atom stereocenters. The predicted molar refractivity (Wildman–Crippen MR) is 62.9 cm³/mol. The Bertz CT molecular complexity index is 168. The van der Waals surface area contributed by atoms with Crippen molar-refractivity contribution in [2.24, 2.45) is 0 Å². The summed E-state index contributed by atoms with van der Waals surface area (Å²) in [4.78, 5) is 0. The summed E-state index contributed by atoms with van der Waals surface area (Å²) < 4.78 is 5.26. The Balaban J connectivity index is 1.72. The van der Waals surface area contributed by atoms with Crippen LogP contribution in [0.5, 0.6) is 0 Å². The predicted octanol–water partition coefficient (Wildman–Crippen LogP) is 3.05. The lowest BCUT2D eigenvalue weighted by Crippen LogP contribution is -1.98. The zero-order valence-corrected chi connectivity index (χ0v) is 9.66. The molecule has 0 aromatic rings. The summed E-state index contributed by atoms with van der Waals surface area (Å²) in [5.41, 5.74) is 0. The standard InChI is InChI=1S/C13H24O2/c1-2-3-4-5-6-7-8-9-10-12-13(11-14)15-12/h2,12-14H,1,3-11H2/t12-,13-/m1/s1. The lowest BCUT2D eigenvalue weighted by molar-refractivity contribution is 0.241. The van der Waals surface area contributed by atoms with E-state index in [2.05, 4.69) is 6.58 Å². The molecule has 2 heteroatoms. The fraction of sp³-hybridized carbons (Fsp3) is 0.846. The van der Waals surface area contributed by atoms with Crippen LogP contribution in [0.25, 0.3) is 0 Å². The van der Waals surface area contributed by atoms with E-state index in [1.165, 1.54) is 38.5 Å². The number of epoxide rings is 1. The maximum atomic E-state index is 8.77. The maximum Gasteiger partial charge on any atom is 0.107 e. The summed E-state index contributed by atoms with van der Waals surface area (Å²) in [7, 11) is 0. The molecule has 1 aliphatic rings. The van der Waals surface area contributed by atoms with E-state index in [0.29, 0.717) is 6.10 Å². The van der Waals surface area contributed by atoms with E-state index in [1.54, 1.807) is 0 Å². The van der Waals surface area contributed by atoms with Crippen LogP contribution in [0.2, 0.25) is 0 Å². The number of aliphatic hydroxyl groups excluding tert-OH is 1. The minimum atomic E-state index is 0.164. The molecule has 1 heterocycles. The van der Waals surface area contributed by atoms with E-state index in [4.69, 9.17) is 9.84 Å². The van der Waals surface area contributed by atoms with Crippen molar-refractivity contribution in [3.8, 4) is 0 Å². The van der Waals surface area contributed by atoms with Gasteiger partial charge in [0, 0.05) is 0 Å². The van der Waals surface area contributed by atoms with Crippen LogP contribution in [0.15, 0.2) is 12.7 Å². The monoisotopic (exact) mass is 212 g/mol. The highest BCUT2D eigenvalue weighted by atomic mass is 16.6. The van der Waals surface area contributed by atoms with E-state index < -0.39 is 0 Å². The molecule has 1 fully saturated rings. The Morgan fingerprint density at radius 3 is 2.27 bits per heavy atom. The average molecular weight is 212 g/mol. The number of allylic oxidation sites excluding steroid dienone is 1. The van der Waals surface area contributed by atoms with Gasteiger partial charge in [-0.2, -0.15) is 0 Å². The molecule has 1 rings (SSSR count). The quantitative estimate of drug-likeness (QED) is 0.343. The van der Waals surface area contributed by atoms with Crippen molar-refractivity contribution >= 4 is 0 Å². The van der Waals surface area contributed by atoms with Crippen molar-refractivity contribution in [3.05, 3.63) is 12.7 Å². The van der Waals surface area contributed by atoms with Crippen molar-refractivity contribution in [3.63, 3.8) is 0 Å². The molecular weight excluding hydrogens is 188 g/mol. The average Bonchev–Trinajstić information content (AvgIpc) is 3.01. The fourth-order valence-corrected chi connectivity index (χ4v) is 1.93. The third-order valence-electron chi connectivity index (χ3n) is 3.01. The summed E-state index contributed by atoms with van der Waals surface area (Å²) in [5, 5.41) is 8.77. The molecule has 0 saturated carbocycles. The lowest BCUT2D eigenvalue weighted by Gasteiger charge is -1.99. The van der Waals surface area contributed by atoms with Crippen LogP contribution < -0.4 is 0 Å². The summed E-state index contributed by atoms with van der Waals surface area (Å²) >= 11 is 0. The highest BCUT2D eigenvalue weighted by Gasteiger charge is 2.36. The highest BCUT2D eigenvalue weighted by molar-refractivity contribution is 4.83. The first kappa shape index (κ1) is 12.7. The molecular formula is C13H24O2. The Kier molecular flexibility index (Phi) is 6.69. The van der Waals surface area contributed by atoms with Gasteiger partial charge in [-0.05, 0) is 19.3 Å². The minimum Gasteiger partial charge on any atom is -0.394 e. The number of ether oxygens (including phenoxy) is 1. The van der Waals surface area contributed by atoms with Gasteiger partial charge in [-0.3, -0.25) is 0 Å². The number of unbranched alkanes of at least 4 members (excludes halogenated alkanes) is 6. The third-order valence-corrected chi connectivity index (χ3v) is 3.01. The molecule has 0 aliphatic carbocycles. The molecule has 88 valence electrons. The first-order valence-electron chi connectivity index (χ1n) is 6.25. The number of hydrogen-bond donors (Lipinski definition) is 1. The topological polar surface area (TPSA) is 32.8 Å². The van der Waals surface area contributed by atoms with Gasteiger partial charge in [-0.1, -0.05) is 38.2 Å². The molecule has 0 bridgehead atoms. The minimum absolute atomic E-state index is 0.164. The van der Waals surface area contributed by atoms with Crippen LogP contribution in [-0.4, -0.2) is 23.9 Å². The van der Waals surface area contributed by atoms with E-state index in [9.17, 15) is 0 Å². The van der Waals surface area contributed by atoms with E-state index in [0.717, 1.165) is 12.8 Å². The van der Waals surface area contributed by atoms with Crippen LogP contribution in [0.1, 0.15) is 51.4 Å². The van der Waals surface area contributed by atoms with Gasteiger partial charge < -0.3 is 9.84 Å². The normalized spacial score (nSPS) is 24.1. The molecule has 0 spiro atoms. The third kappa shape index (κ3) is 5.95. The van der Waals surface area contributed by atoms with Crippen molar-refractivity contribution in [1.29, 1.82) is 0 Å². The largest absolute Gasteiger partial charge is 0.394 e. The fourth-order valence-electron chi connectivity index (χ4n) is 1.93. The van der Waals surface area contributed by atoms with Gasteiger partial charge >= 0.3 is 0 Å². The number of hydrogen-bond acceptors (Lipinski definition) is 2. The maximum absolute atomic E-state index is 8.77.